The first-order valence-corrected chi connectivity index (χ1v) is 7.01. The summed E-state index contributed by atoms with van der Waals surface area (Å²) in [6.07, 6.45) is 1.95. The Bertz CT molecular complexity index is 330. The predicted molar refractivity (Wildman–Crippen MR) is 75.4 cm³/mol. The van der Waals surface area contributed by atoms with Crippen molar-refractivity contribution in [3.8, 4) is 0 Å². The lowest BCUT2D eigenvalue weighted by atomic mass is 10.1. The molecule has 0 aliphatic rings. The van der Waals surface area contributed by atoms with E-state index in [0.717, 1.165) is 12.8 Å². The van der Waals surface area contributed by atoms with Gasteiger partial charge in [-0.2, -0.15) is 0 Å². The SMILES string of the molecule is CCCC[C@H](NC(=O)NCC(=O)N(CC)CC)C(=O)O. The Morgan fingerprint density at radius 2 is 1.75 bits per heavy atom. The van der Waals surface area contributed by atoms with E-state index >= 15 is 0 Å². The van der Waals surface area contributed by atoms with Crippen molar-refractivity contribution >= 4 is 17.9 Å². The summed E-state index contributed by atoms with van der Waals surface area (Å²) in [5.74, 6) is -1.26. The van der Waals surface area contributed by atoms with Crippen molar-refractivity contribution < 1.29 is 19.5 Å². The Hall–Kier alpha value is -1.79. The number of rotatable bonds is 9. The van der Waals surface area contributed by atoms with E-state index in [2.05, 4.69) is 10.6 Å². The van der Waals surface area contributed by atoms with Crippen LogP contribution in [0.3, 0.4) is 0 Å². The zero-order valence-corrected chi connectivity index (χ0v) is 12.4. The fourth-order valence-electron chi connectivity index (χ4n) is 1.72. The summed E-state index contributed by atoms with van der Waals surface area (Å²) in [5, 5.41) is 13.7. The monoisotopic (exact) mass is 287 g/mol. The molecule has 20 heavy (non-hydrogen) atoms. The minimum atomic E-state index is -1.07. The topological polar surface area (TPSA) is 98.7 Å². The number of amides is 3. The minimum Gasteiger partial charge on any atom is -0.480 e. The van der Waals surface area contributed by atoms with Crippen LogP contribution in [0.25, 0.3) is 0 Å². The van der Waals surface area contributed by atoms with Crippen LogP contribution in [0.15, 0.2) is 0 Å². The minimum absolute atomic E-state index is 0.131. The van der Waals surface area contributed by atoms with E-state index in [1.807, 2.05) is 20.8 Å². The molecule has 1 atom stereocenters. The molecule has 0 aromatic carbocycles. The summed E-state index contributed by atoms with van der Waals surface area (Å²) in [4.78, 5) is 35.8. The number of urea groups is 1. The summed E-state index contributed by atoms with van der Waals surface area (Å²) in [5.41, 5.74) is 0. The lowest BCUT2D eigenvalue weighted by molar-refractivity contribution is -0.139. The van der Waals surface area contributed by atoms with Crippen molar-refractivity contribution in [3.63, 3.8) is 0 Å². The molecule has 3 N–H and O–H groups in total. The molecule has 0 fully saturated rings. The van der Waals surface area contributed by atoms with E-state index in [9.17, 15) is 14.4 Å². The molecule has 0 radical (unpaired) electrons. The molecule has 0 unspecified atom stereocenters. The maximum atomic E-state index is 11.7. The molecular weight excluding hydrogens is 262 g/mol. The van der Waals surface area contributed by atoms with E-state index in [1.165, 1.54) is 0 Å². The molecule has 7 nitrogen and oxygen atoms in total. The second-order valence-electron chi connectivity index (χ2n) is 4.43. The first-order chi connectivity index (χ1) is 9.46. The lowest BCUT2D eigenvalue weighted by Crippen LogP contribution is -2.48. The van der Waals surface area contributed by atoms with Crippen molar-refractivity contribution in [2.45, 2.75) is 46.1 Å². The Morgan fingerprint density at radius 1 is 1.15 bits per heavy atom. The average Bonchev–Trinajstić information content (AvgIpc) is 2.42. The third-order valence-electron chi connectivity index (χ3n) is 2.97. The normalized spacial score (nSPS) is 11.6. The van der Waals surface area contributed by atoms with Gasteiger partial charge in [-0.3, -0.25) is 4.79 Å². The summed E-state index contributed by atoms with van der Waals surface area (Å²) in [7, 11) is 0. The predicted octanol–water partition coefficient (Wildman–Crippen LogP) is 0.797. The largest absolute Gasteiger partial charge is 0.480 e. The third-order valence-corrected chi connectivity index (χ3v) is 2.97. The number of carboxylic acids is 1. The number of hydrogen-bond acceptors (Lipinski definition) is 3. The smallest absolute Gasteiger partial charge is 0.326 e. The van der Waals surface area contributed by atoms with Crippen LogP contribution in [0.1, 0.15) is 40.0 Å². The Balaban J connectivity index is 4.19. The molecule has 0 saturated carbocycles. The van der Waals surface area contributed by atoms with Crippen LogP contribution < -0.4 is 10.6 Å². The number of carboxylic acid groups (broad SMARTS) is 1. The van der Waals surface area contributed by atoms with Crippen molar-refractivity contribution in [2.75, 3.05) is 19.6 Å². The fraction of sp³-hybridized carbons (Fsp3) is 0.769. The molecule has 7 heteroatoms. The highest BCUT2D eigenvalue weighted by Gasteiger charge is 2.19. The molecular formula is C13H25N3O4. The summed E-state index contributed by atoms with van der Waals surface area (Å²) in [6.45, 7) is 6.68. The highest BCUT2D eigenvalue weighted by Crippen LogP contribution is 2.00. The van der Waals surface area contributed by atoms with Gasteiger partial charge in [-0.25, -0.2) is 9.59 Å². The van der Waals surface area contributed by atoms with Crippen molar-refractivity contribution in [3.05, 3.63) is 0 Å². The van der Waals surface area contributed by atoms with E-state index in [0.29, 0.717) is 19.5 Å². The van der Waals surface area contributed by atoms with Crippen LogP contribution in [-0.4, -0.2) is 53.6 Å². The zero-order chi connectivity index (χ0) is 15.5. The number of unbranched alkanes of at least 4 members (excludes halogenated alkanes) is 1. The molecule has 0 aromatic rings. The summed E-state index contributed by atoms with van der Waals surface area (Å²) < 4.78 is 0. The molecule has 0 heterocycles. The number of carbonyl (C=O) groups is 3. The van der Waals surface area contributed by atoms with Crippen LogP contribution in [-0.2, 0) is 9.59 Å². The molecule has 0 aromatic heterocycles. The number of aliphatic carboxylic acids is 1. The van der Waals surface area contributed by atoms with Gasteiger partial charge in [0, 0.05) is 13.1 Å². The fourth-order valence-corrected chi connectivity index (χ4v) is 1.72. The Labute approximate surface area is 119 Å². The lowest BCUT2D eigenvalue weighted by Gasteiger charge is -2.19. The Morgan fingerprint density at radius 3 is 2.20 bits per heavy atom. The molecule has 0 saturated heterocycles. The van der Waals surface area contributed by atoms with Crippen LogP contribution in [0, 0.1) is 0 Å². The standard InChI is InChI=1S/C13H25N3O4/c1-4-7-8-10(12(18)19)15-13(20)14-9-11(17)16(5-2)6-3/h10H,4-9H2,1-3H3,(H,18,19)(H2,14,15,20)/t10-/m0/s1. The van der Waals surface area contributed by atoms with Gasteiger partial charge in [-0.05, 0) is 20.3 Å². The van der Waals surface area contributed by atoms with E-state index in [4.69, 9.17) is 5.11 Å². The second-order valence-corrected chi connectivity index (χ2v) is 4.43. The second kappa shape index (κ2) is 10.1. The van der Waals surface area contributed by atoms with Gasteiger partial charge >= 0.3 is 12.0 Å². The molecule has 0 spiro atoms. The highest BCUT2D eigenvalue weighted by atomic mass is 16.4. The van der Waals surface area contributed by atoms with Crippen LogP contribution in [0.2, 0.25) is 0 Å². The van der Waals surface area contributed by atoms with Crippen molar-refractivity contribution in [1.82, 2.24) is 15.5 Å². The molecule has 0 aliphatic carbocycles. The van der Waals surface area contributed by atoms with E-state index < -0.39 is 18.0 Å². The molecule has 3 amide bonds. The highest BCUT2D eigenvalue weighted by molar-refractivity contribution is 5.86. The van der Waals surface area contributed by atoms with Crippen molar-refractivity contribution in [1.29, 1.82) is 0 Å². The summed E-state index contributed by atoms with van der Waals surface area (Å²) in [6, 6.07) is -1.55. The number of nitrogens with zero attached hydrogens (tertiary/aromatic N) is 1. The third kappa shape index (κ3) is 6.96. The van der Waals surface area contributed by atoms with Crippen LogP contribution in [0.5, 0.6) is 0 Å². The number of carbonyl (C=O) groups excluding carboxylic acids is 2. The maximum Gasteiger partial charge on any atom is 0.326 e. The van der Waals surface area contributed by atoms with Crippen LogP contribution in [0.4, 0.5) is 4.79 Å². The molecule has 0 rings (SSSR count). The van der Waals surface area contributed by atoms with E-state index in [-0.39, 0.29) is 12.5 Å². The van der Waals surface area contributed by atoms with Crippen molar-refractivity contribution in [2.24, 2.45) is 0 Å². The van der Waals surface area contributed by atoms with Gasteiger partial charge in [0.2, 0.25) is 5.91 Å². The van der Waals surface area contributed by atoms with Gasteiger partial charge < -0.3 is 20.6 Å². The van der Waals surface area contributed by atoms with Gasteiger partial charge in [-0.1, -0.05) is 19.8 Å². The first kappa shape index (κ1) is 18.2. The van der Waals surface area contributed by atoms with Gasteiger partial charge in [0.1, 0.15) is 6.04 Å². The number of hydrogen-bond donors (Lipinski definition) is 3. The van der Waals surface area contributed by atoms with Gasteiger partial charge in [0.15, 0.2) is 0 Å². The van der Waals surface area contributed by atoms with Gasteiger partial charge in [-0.15, -0.1) is 0 Å². The molecule has 0 bridgehead atoms. The number of likely N-dealkylation sites (N-methyl/N-ethyl adjacent to an activating group) is 1. The van der Waals surface area contributed by atoms with Gasteiger partial charge in [0.25, 0.3) is 0 Å². The van der Waals surface area contributed by atoms with Crippen LogP contribution >= 0.6 is 0 Å². The molecule has 0 aliphatic heterocycles. The first-order valence-electron chi connectivity index (χ1n) is 7.01. The average molecular weight is 287 g/mol. The van der Waals surface area contributed by atoms with E-state index in [1.54, 1.807) is 4.90 Å². The molecule has 116 valence electrons. The Kier molecular flexibility index (Phi) is 9.15. The number of nitrogens with one attached hydrogen (secondary N) is 2. The van der Waals surface area contributed by atoms with Gasteiger partial charge in [0.05, 0.1) is 6.54 Å². The summed E-state index contributed by atoms with van der Waals surface area (Å²) >= 11 is 0. The maximum absolute atomic E-state index is 11.7. The zero-order valence-electron chi connectivity index (χ0n) is 12.4. The quantitative estimate of drug-likeness (QED) is 0.584.